The fraction of sp³-hybridized carbons (Fsp3) is 0.462. The molecule has 0 aromatic heterocycles. The fourth-order valence-electron chi connectivity index (χ4n) is 2.58. The number of nitrogens with zero attached hydrogens (tertiary/aromatic N) is 2. The Balaban J connectivity index is 2.58. The lowest BCUT2D eigenvalue weighted by atomic mass is 10.1. The quantitative estimate of drug-likeness (QED) is 0.685. The number of benzene rings is 1. The number of anilines is 1. The first-order chi connectivity index (χ1) is 9.93. The number of aliphatic carboxylic acids is 1. The minimum atomic E-state index is -1.38. The highest BCUT2D eigenvalue weighted by Gasteiger charge is 2.34. The van der Waals surface area contributed by atoms with Gasteiger partial charge in [0, 0.05) is 12.6 Å². The molecule has 0 radical (unpaired) electrons. The SMILES string of the molecule is O=C(O)C1CCCCCN1c1c([N+](=O)[O-])ccc(F)c1F. The monoisotopic (exact) mass is 300 g/mol. The molecule has 1 aromatic carbocycles. The van der Waals surface area contributed by atoms with Crippen LogP contribution in [-0.4, -0.2) is 28.6 Å². The summed E-state index contributed by atoms with van der Waals surface area (Å²) in [6, 6.07) is 0.435. The Kier molecular flexibility index (Phi) is 4.35. The van der Waals surface area contributed by atoms with Crippen LogP contribution in [-0.2, 0) is 4.79 Å². The number of carboxylic acids is 1. The predicted molar refractivity (Wildman–Crippen MR) is 70.3 cm³/mol. The molecule has 8 heteroatoms. The van der Waals surface area contributed by atoms with Gasteiger partial charge in [0.05, 0.1) is 4.92 Å². The maximum absolute atomic E-state index is 14.1. The van der Waals surface area contributed by atoms with Gasteiger partial charge in [0.25, 0.3) is 5.69 Å². The number of nitro benzene ring substituents is 1. The number of hydrogen-bond donors (Lipinski definition) is 1. The van der Waals surface area contributed by atoms with Crippen molar-refractivity contribution in [2.75, 3.05) is 11.4 Å². The van der Waals surface area contributed by atoms with Crippen molar-refractivity contribution >= 4 is 17.3 Å². The molecule has 114 valence electrons. The summed E-state index contributed by atoms with van der Waals surface area (Å²) in [7, 11) is 0. The zero-order valence-corrected chi connectivity index (χ0v) is 11.1. The number of hydrogen-bond acceptors (Lipinski definition) is 4. The summed E-state index contributed by atoms with van der Waals surface area (Å²) in [6.45, 7) is 0.137. The second-order valence-corrected chi connectivity index (χ2v) is 4.88. The lowest BCUT2D eigenvalue weighted by molar-refractivity contribution is -0.384. The van der Waals surface area contributed by atoms with Gasteiger partial charge in [-0.1, -0.05) is 12.8 Å². The summed E-state index contributed by atoms with van der Waals surface area (Å²) < 4.78 is 27.5. The minimum Gasteiger partial charge on any atom is -0.480 e. The highest BCUT2D eigenvalue weighted by atomic mass is 19.2. The molecule has 1 N–H and O–H groups in total. The van der Waals surface area contributed by atoms with Gasteiger partial charge < -0.3 is 10.0 Å². The van der Waals surface area contributed by atoms with E-state index >= 15 is 0 Å². The maximum Gasteiger partial charge on any atom is 0.326 e. The molecule has 0 aliphatic carbocycles. The van der Waals surface area contributed by atoms with Crippen LogP contribution in [0.1, 0.15) is 25.7 Å². The van der Waals surface area contributed by atoms with E-state index < -0.39 is 39.9 Å². The van der Waals surface area contributed by atoms with Crippen LogP contribution in [0.25, 0.3) is 0 Å². The van der Waals surface area contributed by atoms with Crippen molar-refractivity contribution in [1.29, 1.82) is 0 Å². The molecule has 21 heavy (non-hydrogen) atoms. The van der Waals surface area contributed by atoms with Gasteiger partial charge in [-0.15, -0.1) is 0 Å². The molecule has 1 unspecified atom stereocenters. The van der Waals surface area contributed by atoms with Gasteiger partial charge in [0.1, 0.15) is 6.04 Å². The number of halogens is 2. The van der Waals surface area contributed by atoms with E-state index in [0.717, 1.165) is 17.4 Å². The average Bonchev–Trinajstić information content (AvgIpc) is 2.66. The van der Waals surface area contributed by atoms with Gasteiger partial charge in [-0.25, -0.2) is 13.6 Å². The van der Waals surface area contributed by atoms with E-state index in [0.29, 0.717) is 18.9 Å². The van der Waals surface area contributed by atoms with Crippen molar-refractivity contribution in [3.05, 3.63) is 33.9 Å². The van der Waals surface area contributed by atoms with Crippen LogP contribution < -0.4 is 4.90 Å². The summed E-state index contributed by atoms with van der Waals surface area (Å²) in [4.78, 5) is 22.6. The standard InChI is InChI=1S/C13H14F2N2O4/c14-8-5-6-9(17(20)21)12(11(8)15)16-7-3-1-2-4-10(16)13(18)19/h5-6,10H,1-4,7H2,(H,18,19). The Morgan fingerprint density at radius 2 is 2.05 bits per heavy atom. The molecule has 1 saturated heterocycles. The summed E-state index contributed by atoms with van der Waals surface area (Å²) in [5.74, 6) is -3.81. The first-order valence-corrected chi connectivity index (χ1v) is 6.55. The fourth-order valence-corrected chi connectivity index (χ4v) is 2.58. The molecule has 0 spiro atoms. The molecule has 1 aliphatic rings. The Hall–Kier alpha value is -2.25. The molecule has 2 rings (SSSR count). The molecule has 0 bridgehead atoms. The average molecular weight is 300 g/mol. The highest BCUT2D eigenvalue weighted by Crippen LogP contribution is 2.36. The Bertz CT molecular complexity index is 580. The molecule has 1 heterocycles. The number of rotatable bonds is 3. The van der Waals surface area contributed by atoms with Gasteiger partial charge in [0.2, 0.25) is 0 Å². The number of carbonyl (C=O) groups is 1. The Labute approximate surface area is 119 Å². The van der Waals surface area contributed by atoms with Crippen molar-refractivity contribution in [2.45, 2.75) is 31.7 Å². The third-order valence-electron chi connectivity index (χ3n) is 3.57. The number of carboxylic acid groups (broad SMARTS) is 1. The summed E-state index contributed by atoms with van der Waals surface area (Å²) >= 11 is 0. The van der Waals surface area contributed by atoms with Crippen LogP contribution in [0.4, 0.5) is 20.2 Å². The van der Waals surface area contributed by atoms with E-state index in [1.165, 1.54) is 0 Å². The van der Waals surface area contributed by atoms with E-state index in [4.69, 9.17) is 0 Å². The third kappa shape index (κ3) is 2.93. The van der Waals surface area contributed by atoms with Crippen LogP contribution >= 0.6 is 0 Å². The predicted octanol–water partition coefficient (Wildman–Crippen LogP) is 2.71. The van der Waals surface area contributed by atoms with Crippen molar-refractivity contribution in [3.63, 3.8) is 0 Å². The first-order valence-electron chi connectivity index (χ1n) is 6.55. The van der Waals surface area contributed by atoms with E-state index in [-0.39, 0.29) is 13.0 Å². The molecule has 1 atom stereocenters. The summed E-state index contributed by atoms with van der Waals surface area (Å²) in [5.41, 5.74) is -1.20. The largest absolute Gasteiger partial charge is 0.480 e. The van der Waals surface area contributed by atoms with Crippen molar-refractivity contribution in [1.82, 2.24) is 0 Å². The van der Waals surface area contributed by atoms with E-state index in [2.05, 4.69) is 0 Å². The van der Waals surface area contributed by atoms with E-state index in [9.17, 15) is 28.8 Å². The zero-order valence-electron chi connectivity index (χ0n) is 11.1. The second-order valence-electron chi connectivity index (χ2n) is 4.88. The van der Waals surface area contributed by atoms with Crippen LogP contribution in [0.15, 0.2) is 12.1 Å². The second kappa shape index (κ2) is 6.02. The van der Waals surface area contributed by atoms with E-state index in [1.54, 1.807) is 0 Å². The molecule has 6 nitrogen and oxygen atoms in total. The first kappa shape index (κ1) is 15.1. The van der Waals surface area contributed by atoms with Gasteiger partial charge in [-0.3, -0.25) is 10.1 Å². The van der Waals surface area contributed by atoms with Crippen LogP contribution in [0, 0.1) is 21.7 Å². The van der Waals surface area contributed by atoms with E-state index in [1.807, 2.05) is 0 Å². The summed E-state index contributed by atoms with van der Waals surface area (Å²) in [6.07, 6.45) is 2.17. The van der Waals surface area contributed by atoms with Gasteiger partial charge in [-0.2, -0.15) is 0 Å². The lowest BCUT2D eigenvalue weighted by Gasteiger charge is -2.28. The minimum absolute atomic E-state index is 0.137. The summed E-state index contributed by atoms with van der Waals surface area (Å²) in [5, 5.41) is 20.3. The Morgan fingerprint density at radius 1 is 1.33 bits per heavy atom. The van der Waals surface area contributed by atoms with Crippen LogP contribution in [0.3, 0.4) is 0 Å². The maximum atomic E-state index is 14.1. The van der Waals surface area contributed by atoms with Crippen molar-refractivity contribution in [3.8, 4) is 0 Å². The van der Waals surface area contributed by atoms with Gasteiger partial charge in [-0.05, 0) is 18.9 Å². The van der Waals surface area contributed by atoms with Crippen molar-refractivity contribution < 1.29 is 23.6 Å². The van der Waals surface area contributed by atoms with Crippen LogP contribution in [0.2, 0.25) is 0 Å². The zero-order chi connectivity index (χ0) is 15.6. The molecular weight excluding hydrogens is 286 g/mol. The molecular formula is C13H14F2N2O4. The smallest absolute Gasteiger partial charge is 0.326 e. The third-order valence-corrected chi connectivity index (χ3v) is 3.57. The van der Waals surface area contributed by atoms with Gasteiger partial charge >= 0.3 is 5.97 Å². The normalized spacial score (nSPS) is 19.1. The molecule has 1 aliphatic heterocycles. The molecule has 1 fully saturated rings. The van der Waals surface area contributed by atoms with Crippen LogP contribution in [0.5, 0.6) is 0 Å². The van der Waals surface area contributed by atoms with Gasteiger partial charge in [0.15, 0.2) is 17.3 Å². The lowest BCUT2D eigenvalue weighted by Crippen LogP contribution is -2.41. The molecule has 1 aromatic rings. The van der Waals surface area contributed by atoms with Crippen molar-refractivity contribution in [2.24, 2.45) is 0 Å². The molecule has 0 amide bonds. The Morgan fingerprint density at radius 3 is 2.67 bits per heavy atom. The topological polar surface area (TPSA) is 83.7 Å². The highest BCUT2D eigenvalue weighted by molar-refractivity contribution is 5.80. The molecule has 0 saturated carbocycles. The number of nitro groups is 1.